The first kappa shape index (κ1) is 32.7. The van der Waals surface area contributed by atoms with Crippen molar-refractivity contribution >= 4 is 51.1 Å². The van der Waals surface area contributed by atoms with E-state index in [1.165, 1.54) is 16.5 Å². The number of nitrogens with zero attached hydrogens (tertiary/aromatic N) is 3. The number of hydrogen-bond acceptors (Lipinski definition) is 2. The summed E-state index contributed by atoms with van der Waals surface area (Å²) < 4.78 is 6.38. The molecule has 0 saturated carbocycles. The number of rotatable bonds is 7. The molecule has 8 aromatic carbocycles. The summed E-state index contributed by atoms with van der Waals surface area (Å²) in [7, 11) is 0. The van der Waals surface area contributed by atoms with Gasteiger partial charge in [-0.15, -0.1) is 0 Å². The van der Waals surface area contributed by atoms with Gasteiger partial charge in [0.15, 0.2) is 11.7 Å². The Hall–Kier alpha value is -7.17. The van der Waals surface area contributed by atoms with Gasteiger partial charge in [0.25, 0.3) is 0 Å². The maximum Gasteiger partial charge on any atom is 0.162 e. The third kappa shape index (κ3) is 6.42. The van der Waals surface area contributed by atoms with Crippen LogP contribution < -0.4 is 0 Å². The number of para-hydroxylation sites is 1. The van der Waals surface area contributed by atoms with Crippen LogP contribution in [0.4, 0.5) is 0 Å². The zero-order valence-corrected chi connectivity index (χ0v) is 29.6. The fraction of sp³-hybridized carbons (Fsp3) is 0.0200. The van der Waals surface area contributed by atoms with Gasteiger partial charge < -0.3 is 4.42 Å². The third-order valence-electron chi connectivity index (χ3n) is 9.91. The molecule has 0 radical (unpaired) electrons. The number of furan rings is 1. The summed E-state index contributed by atoms with van der Waals surface area (Å²) in [5.74, 6) is 1.05. The first-order valence-corrected chi connectivity index (χ1v) is 18.1. The SMILES string of the molecule is C=NC(=NC(=NCc1ccccc1)c1ccc(-c2ccc(-c3ccccc3)cc2)cc1)c1c(-c2ccc3ccccc3c2)ccc2oc3ccccc3c12. The summed E-state index contributed by atoms with van der Waals surface area (Å²) in [6.45, 7) is 4.54. The van der Waals surface area contributed by atoms with Gasteiger partial charge >= 0.3 is 0 Å². The Bertz CT molecular complexity index is 2830. The van der Waals surface area contributed by atoms with E-state index in [1.54, 1.807) is 0 Å². The lowest BCUT2D eigenvalue weighted by molar-refractivity contribution is 0.669. The predicted octanol–water partition coefficient (Wildman–Crippen LogP) is 12.8. The van der Waals surface area contributed by atoms with Gasteiger partial charge in [-0.25, -0.2) is 9.98 Å². The maximum atomic E-state index is 6.38. The molecule has 0 aliphatic carbocycles. The van der Waals surface area contributed by atoms with Crippen LogP contribution in [0.3, 0.4) is 0 Å². The van der Waals surface area contributed by atoms with E-state index in [1.807, 2.05) is 48.5 Å². The molecule has 0 aliphatic heterocycles. The number of fused-ring (bicyclic) bond motifs is 4. The van der Waals surface area contributed by atoms with Crippen LogP contribution in [0.5, 0.6) is 0 Å². The van der Waals surface area contributed by atoms with Crippen LogP contribution in [0.25, 0.3) is 66.1 Å². The van der Waals surface area contributed by atoms with Gasteiger partial charge in [0.2, 0.25) is 0 Å². The van der Waals surface area contributed by atoms with Gasteiger partial charge in [-0.2, -0.15) is 0 Å². The molecule has 0 fully saturated rings. The zero-order chi connectivity index (χ0) is 36.3. The highest BCUT2D eigenvalue weighted by Gasteiger charge is 2.21. The second-order valence-corrected chi connectivity index (χ2v) is 13.3. The van der Waals surface area contributed by atoms with Crippen molar-refractivity contribution in [3.8, 4) is 33.4 Å². The molecule has 4 nitrogen and oxygen atoms in total. The Balaban J connectivity index is 1.18. The van der Waals surface area contributed by atoms with E-state index >= 15 is 0 Å². The average molecular weight is 694 g/mol. The number of hydrogen-bond donors (Lipinski definition) is 0. The van der Waals surface area contributed by atoms with Gasteiger partial charge in [0.05, 0.1) is 6.54 Å². The van der Waals surface area contributed by atoms with E-state index in [0.717, 1.165) is 66.3 Å². The van der Waals surface area contributed by atoms with Gasteiger partial charge in [0.1, 0.15) is 11.2 Å². The van der Waals surface area contributed by atoms with Gasteiger partial charge in [0, 0.05) is 21.9 Å². The smallest absolute Gasteiger partial charge is 0.162 e. The van der Waals surface area contributed by atoms with Crippen molar-refractivity contribution in [1.29, 1.82) is 0 Å². The molecule has 0 bridgehead atoms. The summed E-state index contributed by atoms with van der Waals surface area (Å²) >= 11 is 0. The number of aliphatic imine (C=N–C) groups is 3. The van der Waals surface area contributed by atoms with Gasteiger partial charge in [-0.1, -0.05) is 164 Å². The monoisotopic (exact) mass is 693 g/mol. The Kier molecular flexibility index (Phi) is 8.76. The van der Waals surface area contributed by atoms with Crippen molar-refractivity contribution in [2.75, 3.05) is 0 Å². The molecule has 0 saturated heterocycles. The molecule has 9 rings (SSSR count). The molecular weight excluding hydrogens is 659 g/mol. The minimum atomic E-state index is 0.461. The molecule has 4 heteroatoms. The topological polar surface area (TPSA) is 50.2 Å². The fourth-order valence-corrected chi connectivity index (χ4v) is 7.16. The fourth-order valence-electron chi connectivity index (χ4n) is 7.16. The van der Waals surface area contributed by atoms with Crippen LogP contribution in [0.15, 0.2) is 207 Å². The van der Waals surface area contributed by atoms with Crippen LogP contribution in [0.1, 0.15) is 16.7 Å². The second kappa shape index (κ2) is 14.5. The summed E-state index contributed by atoms with van der Waals surface area (Å²) in [6, 6.07) is 65.0. The zero-order valence-electron chi connectivity index (χ0n) is 29.6. The van der Waals surface area contributed by atoms with E-state index in [0.29, 0.717) is 18.2 Å². The molecule has 9 aromatic rings. The normalized spacial score (nSPS) is 12.1. The molecular formula is C50H35N3O. The molecule has 0 unspecified atom stereocenters. The molecule has 256 valence electrons. The third-order valence-corrected chi connectivity index (χ3v) is 9.91. The molecule has 1 aromatic heterocycles. The van der Waals surface area contributed by atoms with Crippen LogP contribution in [0.2, 0.25) is 0 Å². The predicted molar refractivity (Wildman–Crippen MR) is 227 cm³/mol. The minimum absolute atomic E-state index is 0.461. The van der Waals surface area contributed by atoms with Crippen LogP contribution in [-0.2, 0) is 6.54 Å². The van der Waals surface area contributed by atoms with Crippen molar-refractivity contribution < 1.29 is 4.42 Å². The average Bonchev–Trinajstić information content (AvgIpc) is 3.63. The van der Waals surface area contributed by atoms with E-state index < -0.39 is 0 Å². The molecule has 54 heavy (non-hydrogen) atoms. The Morgan fingerprint density at radius 2 is 1.07 bits per heavy atom. The lowest BCUT2D eigenvalue weighted by Gasteiger charge is -2.13. The molecule has 0 atom stereocenters. The number of amidine groups is 2. The Labute approximate surface area is 314 Å². The van der Waals surface area contributed by atoms with E-state index in [4.69, 9.17) is 14.4 Å². The summed E-state index contributed by atoms with van der Waals surface area (Å²) in [5, 5.41) is 4.27. The van der Waals surface area contributed by atoms with Gasteiger partial charge in [-0.05, 0) is 80.7 Å². The van der Waals surface area contributed by atoms with Crippen molar-refractivity contribution in [1.82, 2.24) is 0 Å². The van der Waals surface area contributed by atoms with Crippen molar-refractivity contribution in [2.24, 2.45) is 15.0 Å². The van der Waals surface area contributed by atoms with Crippen molar-refractivity contribution in [2.45, 2.75) is 6.54 Å². The highest BCUT2D eigenvalue weighted by molar-refractivity contribution is 6.25. The first-order valence-electron chi connectivity index (χ1n) is 18.1. The highest BCUT2D eigenvalue weighted by atomic mass is 16.3. The largest absolute Gasteiger partial charge is 0.456 e. The summed E-state index contributed by atoms with van der Waals surface area (Å²) in [6.07, 6.45) is 0. The molecule has 1 heterocycles. The molecule has 0 aliphatic rings. The van der Waals surface area contributed by atoms with Crippen LogP contribution in [0, 0.1) is 0 Å². The van der Waals surface area contributed by atoms with Crippen LogP contribution >= 0.6 is 0 Å². The maximum absolute atomic E-state index is 6.38. The Morgan fingerprint density at radius 3 is 1.80 bits per heavy atom. The number of benzene rings is 8. The molecule has 0 amide bonds. The van der Waals surface area contributed by atoms with E-state index in [9.17, 15) is 0 Å². The minimum Gasteiger partial charge on any atom is -0.456 e. The van der Waals surface area contributed by atoms with Crippen LogP contribution in [-0.4, -0.2) is 18.4 Å². The highest BCUT2D eigenvalue weighted by Crippen LogP contribution is 2.38. The van der Waals surface area contributed by atoms with Crippen molar-refractivity contribution in [3.05, 3.63) is 205 Å². The molecule has 0 spiro atoms. The standard InChI is InChI=1S/C50H35N3O/c1-51-50(48-43(42-29-26-36-16-8-9-17-41(36)32-42)30-31-46-47(48)44-18-10-11-19-45(44)54-46)53-49(52-33-34-12-4-2-5-13-34)40-27-24-39(25-28-40)38-22-20-37(21-23-38)35-14-6-3-7-15-35/h2-32H,1,33H2. The Morgan fingerprint density at radius 1 is 0.481 bits per heavy atom. The summed E-state index contributed by atoms with van der Waals surface area (Å²) in [4.78, 5) is 15.0. The quantitative estimate of drug-likeness (QED) is 0.121. The lowest BCUT2D eigenvalue weighted by atomic mass is 9.93. The first-order chi connectivity index (χ1) is 26.7. The molecule has 0 N–H and O–H groups in total. The lowest BCUT2D eigenvalue weighted by Crippen LogP contribution is -2.07. The second-order valence-electron chi connectivity index (χ2n) is 13.3. The van der Waals surface area contributed by atoms with E-state index in [-0.39, 0.29) is 0 Å². The van der Waals surface area contributed by atoms with Crippen molar-refractivity contribution in [3.63, 3.8) is 0 Å². The van der Waals surface area contributed by atoms with E-state index in [2.05, 4.69) is 151 Å². The van der Waals surface area contributed by atoms with Gasteiger partial charge in [-0.3, -0.25) is 4.99 Å². The summed E-state index contributed by atoms with van der Waals surface area (Å²) in [5.41, 5.74) is 11.1.